The Balaban J connectivity index is 0. The first-order chi connectivity index (χ1) is 10.9. The molecule has 0 heterocycles. The molecule has 0 aliphatic rings. The van der Waals surface area contributed by atoms with Gasteiger partial charge in [0.25, 0.3) is 0 Å². The Morgan fingerprint density at radius 3 is 1.88 bits per heavy atom. The van der Waals surface area contributed by atoms with Crippen LogP contribution in [0.2, 0.25) is 6.55 Å². The summed E-state index contributed by atoms with van der Waals surface area (Å²) in [6, 6.07) is 5.24. The van der Waals surface area contributed by atoms with Gasteiger partial charge in [-0.1, -0.05) is 18.7 Å². The third-order valence-corrected chi connectivity index (χ3v) is 2.05. The Kier molecular flexibility index (Phi) is 12.9. The highest BCUT2D eigenvalue weighted by Gasteiger charge is 2.18. The van der Waals surface area contributed by atoms with Crippen molar-refractivity contribution in [3.8, 4) is 5.75 Å². The molecule has 0 bridgehead atoms. The van der Waals surface area contributed by atoms with Crippen LogP contribution in [0, 0.1) is 0 Å². The minimum atomic E-state index is -4.64. The van der Waals surface area contributed by atoms with Gasteiger partial charge in [0, 0.05) is 13.3 Å². The molecule has 1 atom stereocenters. The van der Waals surface area contributed by atoms with Crippen molar-refractivity contribution in [1.29, 1.82) is 0 Å². The van der Waals surface area contributed by atoms with Gasteiger partial charge in [-0.2, -0.15) is 0 Å². The third-order valence-electron chi connectivity index (χ3n) is 2.05. The Hall–Kier alpha value is -1.75. The van der Waals surface area contributed by atoms with E-state index in [1.54, 1.807) is 12.1 Å². The molecule has 0 unspecified atom stereocenters. The van der Waals surface area contributed by atoms with Gasteiger partial charge in [-0.3, -0.25) is 4.79 Å². The van der Waals surface area contributed by atoms with Crippen LogP contribution in [0.3, 0.4) is 0 Å². The minimum Gasteiger partial charge on any atom is -0.508 e. The maximum atomic E-state index is 10.8. The maximum Gasteiger partial charge on any atom is 0.466 e. The van der Waals surface area contributed by atoms with E-state index in [-0.39, 0.29) is 18.1 Å². The number of phosphoric acid groups is 1. The Morgan fingerprint density at radius 2 is 1.58 bits per heavy atom. The standard InChI is InChI=1S/C11H13NO4.CH6OSi.H3O4P/c1-7(13)12-10(11(15)16)6-8-2-4-9(14)5-3-8;1-3-2;1-5(2,3)4/h2-5,10,14H,6H2,1H3,(H,12,13)(H,15,16);2H,3H2,1H3;(H3,1,2,3,4)/t10-;;/m0../s1. The number of hydrogen-bond acceptors (Lipinski definition) is 5. The van der Waals surface area contributed by atoms with E-state index < -0.39 is 29.6 Å². The van der Waals surface area contributed by atoms with Crippen LogP contribution >= 0.6 is 7.82 Å². The van der Waals surface area contributed by atoms with Gasteiger partial charge in [0.2, 0.25) is 5.91 Å². The number of phenolic OH excluding ortho intramolecular Hbond substituents is 1. The van der Waals surface area contributed by atoms with Gasteiger partial charge in [-0.05, 0) is 17.7 Å². The quantitative estimate of drug-likeness (QED) is 0.245. The zero-order valence-corrected chi connectivity index (χ0v) is 15.5. The summed E-state index contributed by atoms with van der Waals surface area (Å²) in [5, 5.41) is 20.3. The summed E-state index contributed by atoms with van der Waals surface area (Å²) in [7, 11) is -5.22. The molecule has 0 radical (unpaired) electrons. The molecule has 1 amide bonds. The summed E-state index contributed by atoms with van der Waals surface area (Å²) in [4.78, 5) is 50.9. The lowest BCUT2D eigenvalue weighted by Gasteiger charge is -2.13. The van der Waals surface area contributed by atoms with Crippen LogP contribution in [0.25, 0.3) is 0 Å². The lowest BCUT2D eigenvalue weighted by atomic mass is 10.1. The molecular weight excluding hydrogens is 361 g/mol. The number of benzene rings is 1. The second kappa shape index (κ2) is 12.6. The molecule has 0 aromatic heterocycles. The number of carboxylic acid groups (broad SMARTS) is 1. The Labute approximate surface area is 141 Å². The Bertz CT molecular complexity index is 538. The van der Waals surface area contributed by atoms with Gasteiger partial charge >= 0.3 is 13.8 Å². The van der Waals surface area contributed by atoms with Gasteiger partial charge in [0.15, 0.2) is 9.76 Å². The zero-order valence-electron chi connectivity index (χ0n) is 13.2. The van der Waals surface area contributed by atoms with E-state index in [0.717, 1.165) is 5.56 Å². The van der Waals surface area contributed by atoms with E-state index >= 15 is 0 Å². The number of hydrogen-bond donors (Lipinski definition) is 7. The van der Waals surface area contributed by atoms with Crippen LogP contribution in [0.1, 0.15) is 12.5 Å². The van der Waals surface area contributed by atoms with E-state index in [0.29, 0.717) is 0 Å². The minimum absolute atomic E-state index is 0.121. The summed E-state index contributed by atoms with van der Waals surface area (Å²) in [5.74, 6) is -1.34. The van der Waals surface area contributed by atoms with E-state index in [1.165, 1.54) is 19.1 Å². The van der Waals surface area contributed by atoms with Crippen LogP contribution in [0.4, 0.5) is 0 Å². The number of phenols is 1. The molecule has 1 aromatic rings. The predicted molar refractivity (Wildman–Crippen MR) is 87.9 cm³/mol. The number of nitrogens with one attached hydrogen (secondary N) is 1. The van der Waals surface area contributed by atoms with Crippen molar-refractivity contribution in [3.63, 3.8) is 0 Å². The van der Waals surface area contributed by atoms with Crippen LogP contribution in [0.5, 0.6) is 5.75 Å². The fraction of sp³-hybridized carbons (Fsp3) is 0.333. The van der Waals surface area contributed by atoms with E-state index in [4.69, 9.17) is 34.3 Å². The number of rotatable bonds is 4. The van der Waals surface area contributed by atoms with Gasteiger partial charge in [0.05, 0.1) is 0 Å². The van der Waals surface area contributed by atoms with Crippen LogP contribution in [-0.4, -0.2) is 57.4 Å². The maximum absolute atomic E-state index is 10.8. The van der Waals surface area contributed by atoms with Crippen LogP contribution in [0.15, 0.2) is 24.3 Å². The monoisotopic (exact) mass is 383 g/mol. The van der Waals surface area contributed by atoms with Gasteiger partial charge in [-0.25, -0.2) is 9.36 Å². The molecule has 0 aliphatic heterocycles. The molecule has 24 heavy (non-hydrogen) atoms. The SMILES string of the molecule is CC(=O)N[C@@H](Cc1ccc(O)cc1)C(=O)O.C[SiH2]O.O=P(O)(O)O. The molecule has 0 saturated heterocycles. The number of carboxylic acids is 1. The van der Waals surface area contributed by atoms with Crippen molar-refractivity contribution < 1.29 is 43.8 Å². The predicted octanol–water partition coefficient (Wildman–Crippen LogP) is -1.29. The van der Waals surface area contributed by atoms with Crippen molar-refractivity contribution >= 4 is 29.5 Å². The summed E-state index contributed by atoms with van der Waals surface area (Å²) in [6.45, 7) is 3.09. The van der Waals surface area contributed by atoms with Gasteiger partial charge in [0.1, 0.15) is 11.8 Å². The normalized spacial score (nSPS) is 11.6. The zero-order chi connectivity index (χ0) is 19.3. The van der Waals surface area contributed by atoms with Crippen molar-refractivity contribution in [2.24, 2.45) is 0 Å². The molecule has 1 rings (SSSR count). The summed E-state index contributed by atoms with van der Waals surface area (Å²) in [5.41, 5.74) is 0.735. The highest BCUT2D eigenvalue weighted by atomic mass is 31.2. The molecule has 10 nitrogen and oxygen atoms in total. The lowest BCUT2D eigenvalue weighted by molar-refractivity contribution is -0.141. The highest BCUT2D eigenvalue weighted by molar-refractivity contribution is 7.45. The topological polar surface area (TPSA) is 185 Å². The Morgan fingerprint density at radius 1 is 1.21 bits per heavy atom. The molecule has 0 fully saturated rings. The van der Waals surface area contributed by atoms with Crippen molar-refractivity contribution in [3.05, 3.63) is 29.8 Å². The number of aliphatic carboxylic acids is 1. The lowest BCUT2D eigenvalue weighted by Crippen LogP contribution is -2.41. The summed E-state index contributed by atoms with van der Waals surface area (Å²) < 4.78 is 8.88. The number of carbonyl (C=O) groups is 2. The van der Waals surface area contributed by atoms with Gasteiger partial charge in [-0.15, -0.1) is 0 Å². The summed E-state index contributed by atoms with van der Waals surface area (Å²) >= 11 is 0. The van der Waals surface area contributed by atoms with E-state index in [1.807, 2.05) is 6.55 Å². The molecule has 0 saturated carbocycles. The smallest absolute Gasteiger partial charge is 0.466 e. The molecule has 138 valence electrons. The van der Waals surface area contributed by atoms with Crippen molar-refractivity contribution in [1.82, 2.24) is 5.32 Å². The summed E-state index contributed by atoms with van der Waals surface area (Å²) in [6.07, 6.45) is 0.190. The average Bonchev–Trinajstić information content (AvgIpc) is 2.39. The van der Waals surface area contributed by atoms with Crippen molar-refractivity contribution in [2.75, 3.05) is 0 Å². The molecule has 0 spiro atoms. The fourth-order valence-electron chi connectivity index (χ4n) is 1.31. The van der Waals surface area contributed by atoms with Gasteiger partial charge < -0.3 is 35.0 Å². The fourth-order valence-corrected chi connectivity index (χ4v) is 1.31. The molecule has 7 N–H and O–H groups in total. The highest BCUT2D eigenvalue weighted by Crippen LogP contribution is 2.25. The molecule has 0 aliphatic carbocycles. The first-order valence-corrected chi connectivity index (χ1v) is 10.2. The van der Waals surface area contributed by atoms with Crippen molar-refractivity contribution in [2.45, 2.75) is 25.9 Å². The molecule has 12 heteroatoms. The number of amides is 1. The van der Waals surface area contributed by atoms with E-state index in [2.05, 4.69) is 5.32 Å². The largest absolute Gasteiger partial charge is 0.508 e. The number of aromatic hydroxyl groups is 1. The van der Waals surface area contributed by atoms with Crippen LogP contribution < -0.4 is 5.32 Å². The number of carbonyl (C=O) groups excluding carboxylic acids is 1. The second-order valence-electron chi connectivity index (χ2n) is 4.29. The molecule has 1 aromatic carbocycles. The molecular formula is C12H22NO9PSi. The third kappa shape index (κ3) is 18.3. The van der Waals surface area contributed by atoms with Crippen LogP contribution in [-0.2, 0) is 20.6 Å². The average molecular weight is 383 g/mol. The van der Waals surface area contributed by atoms with E-state index in [9.17, 15) is 9.59 Å². The first kappa shape index (κ1) is 24.5. The second-order valence-corrected chi connectivity index (χ2v) is 5.95. The first-order valence-electron chi connectivity index (χ1n) is 6.57.